The third-order valence-corrected chi connectivity index (χ3v) is 5.87. The molecule has 1 aliphatic carbocycles. The Morgan fingerprint density at radius 3 is 2.50 bits per heavy atom. The first-order chi connectivity index (χ1) is 12.6. The highest BCUT2D eigenvalue weighted by Gasteiger charge is 2.38. The first-order valence-electron chi connectivity index (χ1n) is 9.77. The van der Waals surface area contributed by atoms with Crippen LogP contribution in [0.5, 0.6) is 0 Å². The van der Waals surface area contributed by atoms with Gasteiger partial charge in [-0.05, 0) is 19.8 Å². The van der Waals surface area contributed by atoms with Crippen molar-refractivity contribution < 1.29 is 4.74 Å². The van der Waals surface area contributed by atoms with Crippen molar-refractivity contribution in [3.63, 3.8) is 0 Å². The molecule has 26 heavy (non-hydrogen) atoms. The number of nitrogens with zero attached hydrogens (tertiary/aromatic N) is 5. The highest BCUT2D eigenvalue weighted by atomic mass is 16.5. The molecule has 1 saturated heterocycles. The molecule has 2 heterocycles. The van der Waals surface area contributed by atoms with E-state index >= 15 is 0 Å². The normalized spacial score (nSPS) is 21.6. The zero-order chi connectivity index (χ0) is 18.4. The maximum Gasteiger partial charge on any atom is 0.191 e. The lowest BCUT2D eigenvalue weighted by atomic mass is 9.80. The molecule has 1 aromatic heterocycles. The number of aryl methyl sites for hydroxylation is 1. The standard InChI is InChI=1S/C18H33N7O/c1-15-22-23-16(24(15)3)13-20-17(19-2)21-14-18(7-5-4-6-8-18)25-9-11-26-12-10-25/h4-14H2,1-3H3,(H2,19,20,21). The number of hydrogen-bond donors (Lipinski definition) is 2. The zero-order valence-electron chi connectivity index (χ0n) is 16.4. The van der Waals surface area contributed by atoms with Crippen molar-refractivity contribution in [1.29, 1.82) is 0 Å². The molecule has 146 valence electrons. The Morgan fingerprint density at radius 2 is 1.88 bits per heavy atom. The molecule has 1 aromatic rings. The summed E-state index contributed by atoms with van der Waals surface area (Å²) in [6.45, 7) is 7.25. The van der Waals surface area contributed by atoms with E-state index in [9.17, 15) is 0 Å². The number of nitrogens with one attached hydrogen (secondary N) is 2. The van der Waals surface area contributed by atoms with Crippen LogP contribution in [-0.2, 0) is 18.3 Å². The van der Waals surface area contributed by atoms with Gasteiger partial charge in [0.1, 0.15) is 5.82 Å². The first kappa shape index (κ1) is 19.1. The van der Waals surface area contributed by atoms with Gasteiger partial charge in [0.15, 0.2) is 11.8 Å². The van der Waals surface area contributed by atoms with Crippen molar-refractivity contribution in [2.45, 2.75) is 51.1 Å². The minimum Gasteiger partial charge on any atom is -0.379 e. The van der Waals surface area contributed by atoms with Crippen LogP contribution in [0, 0.1) is 6.92 Å². The third-order valence-electron chi connectivity index (χ3n) is 5.87. The molecule has 0 atom stereocenters. The van der Waals surface area contributed by atoms with Gasteiger partial charge >= 0.3 is 0 Å². The number of guanidine groups is 1. The largest absolute Gasteiger partial charge is 0.379 e. The van der Waals surface area contributed by atoms with E-state index in [0.717, 1.165) is 50.5 Å². The Kier molecular flexibility index (Phi) is 6.48. The molecule has 0 aromatic carbocycles. The Balaban J connectivity index is 1.58. The molecule has 0 bridgehead atoms. The van der Waals surface area contributed by atoms with E-state index < -0.39 is 0 Å². The summed E-state index contributed by atoms with van der Waals surface area (Å²) >= 11 is 0. The van der Waals surface area contributed by atoms with E-state index in [-0.39, 0.29) is 5.54 Å². The molecule has 1 saturated carbocycles. The van der Waals surface area contributed by atoms with E-state index in [4.69, 9.17) is 4.74 Å². The van der Waals surface area contributed by atoms with Gasteiger partial charge in [-0.1, -0.05) is 19.3 Å². The first-order valence-corrected chi connectivity index (χ1v) is 9.77. The molecule has 0 unspecified atom stereocenters. The summed E-state index contributed by atoms with van der Waals surface area (Å²) < 4.78 is 7.57. The summed E-state index contributed by atoms with van der Waals surface area (Å²) in [5.74, 6) is 2.65. The molecule has 3 rings (SSSR count). The molecule has 1 aliphatic heterocycles. The molecule has 2 fully saturated rings. The van der Waals surface area contributed by atoms with Gasteiger partial charge in [-0.3, -0.25) is 9.89 Å². The fourth-order valence-corrected chi connectivity index (χ4v) is 4.09. The summed E-state index contributed by atoms with van der Waals surface area (Å²) in [7, 11) is 3.80. The van der Waals surface area contributed by atoms with Crippen molar-refractivity contribution >= 4 is 5.96 Å². The Hall–Kier alpha value is -1.67. The minimum atomic E-state index is 0.223. The predicted molar refractivity (Wildman–Crippen MR) is 102 cm³/mol. The quantitative estimate of drug-likeness (QED) is 0.596. The summed E-state index contributed by atoms with van der Waals surface area (Å²) in [6, 6.07) is 0. The highest BCUT2D eigenvalue weighted by molar-refractivity contribution is 5.79. The Labute approximate surface area is 156 Å². The van der Waals surface area contributed by atoms with Gasteiger partial charge in [0.2, 0.25) is 0 Å². The fourth-order valence-electron chi connectivity index (χ4n) is 4.09. The van der Waals surface area contributed by atoms with Crippen molar-refractivity contribution in [1.82, 2.24) is 30.3 Å². The van der Waals surface area contributed by atoms with Gasteiger partial charge in [-0.2, -0.15) is 0 Å². The second-order valence-corrected chi connectivity index (χ2v) is 7.39. The van der Waals surface area contributed by atoms with Crippen molar-refractivity contribution in [2.24, 2.45) is 12.0 Å². The highest BCUT2D eigenvalue weighted by Crippen LogP contribution is 2.33. The maximum atomic E-state index is 5.57. The molecule has 0 spiro atoms. The van der Waals surface area contributed by atoms with Gasteiger partial charge in [0.05, 0.1) is 19.8 Å². The van der Waals surface area contributed by atoms with Crippen molar-refractivity contribution in [3.8, 4) is 0 Å². The maximum absolute atomic E-state index is 5.57. The number of aliphatic imine (C=N–C) groups is 1. The van der Waals surface area contributed by atoms with Crippen LogP contribution in [0.3, 0.4) is 0 Å². The fraction of sp³-hybridized carbons (Fsp3) is 0.833. The monoisotopic (exact) mass is 363 g/mol. The lowest BCUT2D eigenvalue weighted by Gasteiger charge is -2.48. The van der Waals surface area contributed by atoms with E-state index in [0.29, 0.717) is 6.54 Å². The molecule has 8 nitrogen and oxygen atoms in total. The van der Waals surface area contributed by atoms with Crippen molar-refractivity contribution in [2.75, 3.05) is 39.9 Å². The number of aromatic nitrogens is 3. The number of ether oxygens (including phenoxy) is 1. The number of hydrogen-bond acceptors (Lipinski definition) is 5. The number of rotatable bonds is 5. The van der Waals surface area contributed by atoms with E-state index in [1.165, 1.54) is 32.1 Å². The van der Waals surface area contributed by atoms with Crippen LogP contribution < -0.4 is 10.6 Å². The number of morpholine rings is 1. The van der Waals surface area contributed by atoms with Crippen LogP contribution in [0.25, 0.3) is 0 Å². The van der Waals surface area contributed by atoms with Gasteiger partial charge < -0.3 is 19.9 Å². The van der Waals surface area contributed by atoms with E-state index in [1.54, 1.807) is 0 Å². The SMILES string of the molecule is CN=C(NCc1nnc(C)n1C)NCC1(N2CCOCC2)CCCCC1. The second kappa shape index (κ2) is 8.81. The van der Waals surface area contributed by atoms with Crippen LogP contribution in [0.4, 0.5) is 0 Å². The van der Waals surface area contributed by atoms with Crippen molar-refractivity contribution in [3.05, 3.63) is 11.6 Å². The third kappa shape index (κ3) is 4.35. The van der Waals surface area contributed by atoms with Crippen LogP contribution in [0.2, 0.25) is 0 Å². The van der Waals surface area contributed by atoms with Crippen LogP contribution in [0.15, 0.2) is 4.99 Å². The topological polar surface area (TPSA) is 79.6 Å². The average molecular weight is 364 g/mol. The lowest BCUT2D eigenvalue weighted by Crippen LogP contribution is -2.60. The summed E-state index contributed by atoms with van der Waals surface area (Å²) in [4.78, 5) is 7.03. The minimum absolute atomic E-state index is 0.223. The summed E-state index contributed by atoms with van der Waals surface area (Å²) in [5.41, 5.74) is 0.223. The lowest BCUT2D eigenvalue weighted by molar-refractivity contribution is -0.0352. The van der Waals surface area contributed by atoms with E-state index in [1.807, 2.05) is 25.6 Å². The summed E-state index contributed by atoms with van der Waals surface area (Å²) in [6.07, 6.45) is 6.47. The predicted octanol–water partition coefficient (Wildman–Crippen LogP) is 0.824. The van der Waals surface area contributed by atoms with Crippen LogP contribution in [-0.4, -0.2) is 71.1 Å². The van der Waals surface area contributed by atoms with Gasteiger partial charge in [0.25, 0.3) is 0 Å². The molecule has 0 amide bonds. The molecule has 0 radical (unpaired) electrons. The Bertz CT molecular complexity index is 601. The van der Waals surface area contributed by atoms with E-state index in [2.05, 4.69) is 30.7 Å². The Morgan fingerprint density at radius 1 is 1.15 bits per heavy atom. The molecule has 8 heteroatoms. The zero-order valence-corrected chi connectivity index (χ0v) is 16.4. The second-order valence-electron chi connectivity index (χ2n) is 7.39. The molecule has 2 aliphatic rings. The molecule has 2 N–H and O–H groups in total. The molecular weight excluding hydrogens is 330 g/mol. The molecular formula is C18H33N7O. The van der Waals surface area contributed by atoms with Crippen LogP contribution >= 0.6 is 0 Å². The van der Waals surface area contributed by atoms with Crippen LogP contribution in [0.1, 0.15) is 43.8 Å². The van der Waals surface area contributed by atoms with Gasteiger partial charge in [0, 0.05) is 39.3 Å². The van der Waals surface area contributed by atoms with Gasteiger partial charge in [-0.25, -0.2) is 0 Å². The summed E-state index contributed by atoms with van der Waals surface area (Å²) in [5, 5.41) is 15.3. The average Bonchev–Trinajstić information content (AvgIpc) is 3.01. The van der Waals surface area contributed by atoms with Gasteiger partial charge in [-0.15, -0.1) is 10.2 Å². The smallest absolute Gasteiger partial charge is 0.191 e.